The zero-order chi connectivity index (χ0) is 13.8. The minimum Gasteiger partial charge on any atom is -0.317 e. The maximum atomic E-state index is 11.7. The monoisotopic (exact) mass is 251 g/mol. The van der Waals surface area contributed by atoms with E-state index in [1.54, 1.807) is 4.90 Å². The van der Waals surface area contributed by atoms with Gasteiger partial charge < -0.3 is 4.90 Å². The van der Waals surface area contributed by atoms with Gasteiger partial charge in [-0.25, -0.2) is 0 Å². The van der Waals surface area contributed by atoms with Crippen LogP contribution in [0.4, 0.5) is 0 Å². The Morgan fingerprint density at radius 3 is 2.39 bits per heavy atom. The number of nitrogens with zero attached hydrogens (tertiary/aromatic N) is 1. The third kappa shape index (κ3) is 4.28. The summed E-state index contributed by atoms with van der Waals surface area (Å²) in [6.07, 6.45) is 4.95. The highest BCUT2D eigenvalue weighted by molar-refractivity contribution is 5.83. The Bertz CT molecular complexity index is 323. The molecular weight excluding hydrogens is 226 g/mol. The molecule has 1 aliphatic rings. The summed E-state index contributed by atoms with van der Waals surface area (Å²) in [6.45, 7) is 10.5. The highest BCUT2D eigenvalue weighted by Crippen LogP contribution is 2.22. The van der Waals surface area contributed by atoms with E-state index in [1.165, 1.54) is 0 Å². The summed E-state index contributed by atoms with van der Waals surface area (Å²) in [5.74, 6) is 0.523. The van der Waals surface area contributed by atoms with E-state index in [1.807, 2.05) is 20.8 Å². The van der Waals surface area contributed by atoms with Gasteiger partial charge in [0, 0.05) is 30.5 Å². The summed E-state index contributed by atoms with van der Waals surface area (Å²) < 4.78 is 0. The second-order valence-corrected chi connectivity index (χ2v) is 6.10. The molecule has 0 aliphatic carbocycles. The molecule has 1 heterocycles. The molecule has 1 aliphatic heterocycles. The fraction of sp³-hybridized carbons (Fsp3) is 0.733. The van der Waals surface area contributed by atoms with Gasteiger partial charge in [0.1, 0.15) is 5.78 Å². The molecular formula is C15H25NO2. The van der Waals surface area contributed by atoms with E-state index >= 15 is 0 Å². The van der Waals surface area contributed by atoms with Crippen LogP contribution in [0.25, 0.3) is 0 Å². The van der Waals surface area contributed by atoms with Crippen LogP contribution in [-0.2, 0) is 9.59 Å². The number of Topliss-reactive ketones (excluding diaryl/α,β-unsaturated/α-hetero) is 1. The number of hydrogen-bond acceptors (Lipinski definition) is 2. The van der Waals surface area contributed by atoms with Gasteiger partial charge in [-0.3, -0.25) is 9.59 Å². The van der Waals surface area contributed by atoms with Crippen molar-refractivity contribution in [3.05, 3.63) is 12.3 Å². The summed E-state index contributed by atoms with van der Waals surface area (Å²) in [5.41, 5.74) is 0.727. The molecule has 0 aromatic heterocycles. The molecule has 0 atom stereocenters. The molecule has 18 heavy (non-hydrogen) atoms. The molecule has 1 amide bonds. The fourth-order valence-corrected chi connectivity index (χ4v) is 2.09. The molecule has 1 fully saturated rings. The van der Waals surface area contributed by atoms with Gasteiger partial charge in [0.25, 0.3) is 0 Å². The Morgan fingerprint density at radius 1 is 1.22 bits per heavy atom. The van der Waals surface area contributed by atoms with E-state index in [4.69, 9.17) is 0 Å². The molecule has 102 valence electrons. The molecule has 1 saturated heterocycles. The standard InChI is InChI=1S/C15H25NO2/c1-12-9-10-14(18)16(12)11-7-5-6-8-13(17)15(2,3)4/h1,5-11H2,2-4H3. The number of unbranched alkanes of at least 4 members (excludes halogenated alkanes) is 2. The third-order valence-corrected chi connectivity index (χ3v) is 3.43. The molecule has 0 radical (unpaired) electrons. The number of hydrogen-bond donors (Lipinski definition) is 0. The number of rotatable bonds is 6. The summed E-state index contributed by atoms with van der Waals surface area (Å²) in [4.78, 5) is 25.0. The molecule has 0 unspecified atom stereocenters. The van der Waals surface area contributed by atoms with Crippen molar-refractivity contribution in [3.8, 4) is 0 Å². The van der Waals surface area contributed by atoms with E-state index in [0.29, 0.717) is 18.6 Å². The molecule has 0 aromatic rings. The summed E-state index contributed by atoms with van der Waals surface area (Å²) in [5, 5.41) is 0. The molecule has 0 saturated carbocycles. The fourth-order valence-electron chi connectivity index (χ4n) is 2.09. The van der Waals surface area contributed by atoms with Crippen molar-refractivity contribution in [2.24, 2.45) is 5.41 Å². The first-order chi connectivity index (χ1) is 8.32. The lowest BCUT2D eigenvalue weighted by atomic mass is 9.88. The van der Waals surface area contributed by atoms with Gasteiger partial charge in [-0.1, -0.05) is 33.8 Å². The van der Waals surface area contributed by atoms with Crippen molar-refractivity contribution in [3.63, 3.8) is 0 Å². The van der Waals surface area contributed by atoms with E-state index in [-0.39, 0.29) is 11.3 Å². The second-order valence-electron chi connectivity index (χ2n) is 6.10. The Kier molecular flexibility index (Phi) is 5.12. The van der Waals surface area contributed by atoms with Crippen molar-refractivity contribution in [2.45, 2.75) is 59.3 Å². The highest BCUT2D eigenvalue weighted by atomic mass is 16.2. The van der Waals surface area contributed by atoms with Crippen LogP contribution in [0.3, 0.4) is 0 Å². The Balaban J connectivity index is 2.14. The van der Waals surface area contributed by atoms with E-state index in [0.717, 1.165) is 37.9 Å². The number of allylic oxidation sites excluding steroid dienone is 1. The van der Waals surface area contributed by atoms with E-state index < -0.39 is 0 Å². The normalized spacial score (nSPS) is 16.5. The van der Waals surface area contributed by atoms with Crippen molar-refractivity contribution in [2.75, 3.05) is 6.54 Å². The number of amides is 1. The van der Waals surface area contributed by atoms with Gasteiger partial charge >= 0.3 is 0 Å². The minimum absolute atomic E-state index is 0.200. The smallest absolute Gasteiger partial charge is 0.227 e. The molecule has 0 aromatic carbocycles. The van der Waals surface area contributed by atoms with Gasteiger partial charge in [0.05, 0.1) is 0 Å². The van der Waals surface area contributed by atoms with Crippen LogP contribution < -0.4 is 0 Å². The number of likely N-dealkylation sites (tertiary alicyclic amines) is 1. The molecule has 1 rings (SSSR count). The highest BCUT2D eigenvalue weighted by Gasteiger charge is 2.23. The quantitative estimate of drug-likeness (QED) is 0.679. The largest absolute Gasteiger partial charge is 0.317 e. The first-order valence-electron chi connectivity index (χ1n) is 6.84. The average Bonchev–Trinajstić information content (AvgIpc) is 2.58. The molecule has 0 bridgehead atoms. The van der Waals surface area contributed by atoms with E-state index in [2.05, 4.69) is 6.58 Å². The van der Waals surface area contributed by atoms with Crippen LogP contribution in [0.1, 0.15) is 59.3 Å². The maximum Gasteiger partial charge on any atom is 0.227 e. The van der Waals surface area contributed by atoms with Crippen LogP contribution >= 0.6 is 0 Å². The predicted molar refractivity (Wildman–Crippen MR) is 73.0 cm³/mol. The summed E-state index contributed by atoms with van der Waals surface area (Å²) >= 11 is 0. The molecule has 0 N–H and O–H groups in total. The predicted octanol–water partition coefficient (Wildman–Crippen LogP) is 3.30. The van der Waals surface area contributed by atoms with Crippen LogP contribution in [-0.4, -0.2) is 23.1 Å². The first kappa shape index (κ1) is 14.9. The van der Waals surface area contributed by atoms with Gasteiger partial charge in [-0.15, -0.1) is 0 Å². The number of ketones is 1. The third-order valence-electron chi connectivity index (χ3n) is 3.43. The Labute approximate surface area is 110 Å². The molecule has 3 heteroatoms. The van der Waals surface area contributed by atoms with E-state index in [9.17, 15) is 9.59 Å². The average molecular weight is 251 g/mol. The number of carbonyl (C=O) groups is 2. The summed E-state index contributed by atoms with van der Waals surface area (Å²) in [7, 11) is 0. The number of carbonyl (C=O) groups excluding carboxylic acids is 2. The SMILES string of the molecule is C=C1CCC(=O)N1CCCCCC(=O)C(C)(C)C. The zero-order valence-corrected chi connectivity index (χ0v) is 11.9. The van der Waals surface area contributed by atoms with Gasteiger partial charge in [0.15, 0.2) is 0 Å². The van der Waals surface area contributed by atoms with Crippen LogP contribution in [0.15, 0.2) is 12.3 Å². The summed E-state index contributed by atoms with van der Waals surface area (Å²) in [6, 6.07) is 0. The maximum absolute atomic E-state index is 11.7. The van der Waals surface area contributed by atoms with Crippen LogP contribution in [0, 0.1) is 5.41 Å². The molecule has 0 spiro atoms. The second kappa shape index (κ2) is 6.17. The van der Waals surface area contributed by atoms with Crippen molar-refractivity contribution >= 4 is 11.7 Å². The Morgan fingerprint density at radius 2 is 1.89 bits per heavy atom. The lowest BCUT2D eigenvalue weighted by molar-refractivity contribution is -0.127. The Hall–Kier alpha value is -1.12. The van der Waals surface area contributed by atoms with Gasteiger partial charge in [-0.05, 0) is 19.3 Å². The van der Waals surface area contributed by atoms with Crippen molar-refractivity contribution in [1.82, 2.24) is 4.90 Å². The molecule has 3 nitrogen and oxygen atoms in total. The van der Waals surface area contributed by atoms with Crippen LogP contribution in [0.5, 0.6) is 0 Å². The zero-order valence-electron chi connectivity index (χ0n) is 11.9. The minimum atomic E-state index is -0.223. The van der Waals surface area contributed by atoms with Crippen molar-refractivity contribution in [1.29, 1.82) is 0 Å². The van der Waals surface area contributed by atoms with Crippen molar-refractivity contribution < 1.29 is 9.59 Å². The first-order valence-corrected chi connectivity index (χ1v) is 6.84. The van der Waals surface area contributed by atoms with Gasteiger partial charge in [0.2, 0.25) is 5.91 Å². The van der Waals surface area contributed by atoms with Gasteiger partial charge in [-0.2, -0.15) is 0 Å². The topological polar surface area (TPSA) is 37.4 Å². The van der Waals surface area contributed by atoms with Crippen LogP contribution in [0.2, 0.25) is 0 Å². The lowest BCUT2D eigenvalue weighted by Crippen LogP contribution is -2.24. The lowest BCUT2D eigenvalue weighted by Gasteiger charge is -2.18.